The summed E-state index contributed by atoms with van der Waals surface area (Å²) >= 11 is 0. The highest BCUT2D eigenvalue weighted by Crippen LogP contribution is 2.50. The maximum Gasteiger partial charge on any atom is 0.328 e. The zero-order valence-electron chi connectivity index (χ0n) is 32.7. The molecule has 6 rings (SSSR count). The highest BCUT2D eigenvalue weighted by atomic mass is 32.2. The normalized spacial score (nSPS) is 18.7. The predicted molar refractivity (Wildman–Crippen MR) is 220 cm³/mol. The maximum absolute atomic E-state index is 12.7. The van der Waals surface area contributed by atoms with Crippen LogP contribution in [0.2, 0.25) is 0 Å². The van der Waals surface area contributed by atoms with E-state index in [0.29, 0.717) is 76.8 Å². The van der Waals surface area contributed by atoms with Crippen molar-refractivity contribution in [1.29, 1.82) is 0 Å². The fraction of sp³-hybridized carbons (Fsp3) is 0.421. The molecule has 1 atom stereocenters. The molecule has 21 heteroatoms. The van der Waals surface area contributed by atoms with Crippen molar-refractivity contribution in [3.63, 3.8) is 0 Å². The molecule has 0 spiro atoms. The molecule has 2 heterocycles. The number of benzene rings is 3. The van der Waals surface area contributed by atoms with E-state index in [-0.39, 0.29) is 17.8 Å². The Hall–Kier alpha value is -4.22. The first-order valence-corrected chi connectivity index (χ1v) is 24.5. The largest absolute Gasteiger partial charge is 0.480 e. The molecule has 0 aromatic heterocycles. The summed E-state index contributed by atoms with van der Waals surface area (Å²) in [6.07, 6.45) is 2.23. The minimum atomic E-state index is -4.96. The average molecular weight is 896 g/mol. The van der Waals surface area contributed by atoms with Crippen molar-refractivity contribution in [3.05, 3.63) is 87.5 Å². The Morgan fingerprint density at radius 1 is 0.814 bits per heavy atom. The number of anilines is 2. The molecule has 0 saturated heterocycles. The van der Waals surface area contributed by atoms with Crippen LogP contribution in [-0.2, 0) is 63.6 Å². The SMILES string of the molecule is CCN1c2cc3c(cc2C(CS(=O)(=O)O)=CC1(C)C)C(=NC(CCS(=O)(=O)O)C(=O)O)c1cc2c(cc1C3(C)C)N(Cc1ccc(S(=O)(=O)O)cc1S(=O)(=O)O)CCC2. The van der Waals surface area contributed by atoms with Crippen molar-refractivity contribution in [3.8, 4) is 0 Å². The smallest absolute Gasteiger partial charge is 0.328 e. The predicted octanol–water partition coefficient (Wildman–Crippen LogP) is 4.23. The molecule has 320 valence electrons. The molecule has 1 aliphatic carbocycles. The van der Waals surface area contributed by atoms with E-state index in [1.54, 1.807) is 12.1 Å². The molecule has 3 aromatic carbocycles. The second-order valence-electron chi connectivity index (χ2n) is 16.0. The fourth-order valence-corrected chi connectivity index (χ4v) is 11.0. The molecular weight excluding hydrogens is 851 g/mol. The van der Waals surface area contributed by atoms with Gasteiger partial charge >= 0.3 is 5.97 Å². The van der Waals surface area contributed by atoms with Crippen molar-refractivity contribution in [2.45, 2.75) is 87.2 Å². The Morgan fingerprint density at radius 3 is 2.00 bits per heavy atom. The number of fused-ring (bicyclic) bond motifs is 4. The standard InChI is InChI=1S/C38H45N3O14S4/c1-6-41-33-18-30-28(16-26(33)24(19-37(41,2)3)21-57(47,48)49)35(39-31(36(42)43)11-13-56(44,45)46)27-14-22-8-7-12-40(32(22)17-29(27)38(30,4)5)20-23-9-10-25(58(50,51)52)15-34(23)59(53,54)55/h9-10,14-19,31H,6-8,11-13,20-21H2,1-5H3,(H,42,43)(H,44,45,46)(H,47,48,49)(H,50,51,52)(H,53,54,55). The van der Waals surface area contributed by atoms with Crippen LogP contribution in [0.1, 0.15) is 86.4 Å². The molecule has 2 aliphatic heterocycles. The van der Waals surface area contributed by atoms with Gasteiger partial charge in [-0.25, -0.2) is 4.79 Å². The van der Waals surface area contributed by atoms with Crippen molar-refractivity contribution < 1.29 is 61.8 Å². The van der Waals surface area contributed by atoms with E-state index in [2.05, 4.69) is 9.89 Å². The van der Waals surface area contributed by atoms with Crippen LogP contribution in [0, 0.1) is 0 Å². The van der Waals surface area contributed by atoms with Crippen LogP contribution in [0.25, 0.3) is 5.57 Å². The van der Waals surface area contributed by atoms with Crippen molar-refractivity contribution in [2.24, 2.45) is 4.99 Å². The summed E-state index contributed by atoms with van der Waals surface area (Å²) in [6, 6.07) is 8.54. The van der Waals surface area contributed by atoms with Crippen molar-refractivity contribution >= 4 is 69.1 Å². The average Bonchev–Trinajstić information content (AvgIpc) is 3.08. The summed E-state index contributed by atoms with van der Waals surface area (Å²) in [4.78, 5) is 19.8. The van der Waals surface area contributed by atoms with Crippen LogP contribution in [0.5, 0.6) is 0 Å². The molecule has 0 saturated carbocycles. The second-order valence-corrected chi connectivity index (χ2v) is 21.8. The van der Waals surface area contributed by atoms with Gasteiger partial charge < -0.3 is 14.9 Å². The van der Waals surface area contributed by atoms with Gasteiger partial charge in [0.2, 0.25) is 0 Å². The lowest BCUT2D eigenvalue weighted by Crippen LogP contribution is -2.46. The molecule has 0 fully saturated rings. The van der Waals surface area contributed by atoms with Gasteiger partial charge in [0.25, 0.3) is 40.5 Å². The van der Waals surface area contributed by atoms with Crippen LogP contribution in [-0.4, -0.2) is 105 Å². The number of rotatable bonds is 12. The first-order valence-electron chi connectivity index (χ1n) is 18.4. The van der Waals surface area contributed by atoms with Crippen molar-refractivity contribution in [1.82, 2.24) is 0 Å². The van der Waals surface area contributed by atoms with Gasteiger partial charge in [-0.3, -0.25) is 23.2 Å². The van der Waals surface area contributed by atoms with Gasteiger partial charge in [0.05, 0.1) is 21.9 Å². The van der Waals surface area contributed by atoms with E-state index in [9.17, 15) is 61.8 Å². The Bertz CT molecular complexity index is 2800. The third-order valence-corrected chi connectivity index (χ3v) is 14.3. The highest BCUT2D eigenvalue weighted by molar-refractivity contribution is 7.87. The van der Waals surface area contributed by atoms with E-state index in [0.717, 1.165) is 11.6 Å². The summed E-state index contributed by atoms with van der Waals surface area (Å²) in [7, 11) is -18.9. The second kappa shape index (κ2) is 15.0. The zero-order chi connectivity index (χ0) is 43.8. The van der Waals surface area contributed by atoms with E-state index in [1.165, 1.54) is 6.07 Å². The lowest BCUT2D eigenvalue weighted by atomic mass is 9.66. The van der Waals surface area contributed by atoms with Gasteiger partial charge in [-0.1, -0.05) is 26.0 Å². The molecular formula is C38H45N3O14S4. The summed E-state index contributed by atoms with van der Waals surface area (Å²) in [5.41, 5.74) is 3.61. The lowest BCUT2D eigenvalue weighted by Gasteiger charge is -2.45. The first kappa shape index (κ1) is 44.3. The molecule has 5 N–H and O–H groups in total. The van der Waals surface area contributed by atoms with E-state index < -0.39 is 91.2 Å². The van der Waals surface area contributed by atoms with Gasteiger partial charge in [-0.15, -0.1) is 0 Å². The van der Waals surface area contributed by atoms with Gasteiger partial charge in [0.15, 0.2) is 0 Å². The Labute approximate surface area is 343 Å². The number of carboxylic acid groups (broad SMARTS) is 1. The Kier molecular flexibility index (Phi) is 11.3. The first-order chi connectivity index (χ1) is 27.0. The summed E-state index contributed by atoms with van der Waals surface area (Å²) in [5.74, 6) is -3.07. The molecule has 17 nitrogen and oxygen atoms in total. The fourth-order valence-electron chi connectivity index (χ4n) is 8.51. The van der Waals surface area contributed by atoms with Gasteiger partial charge in [0.1, 0.15) is 16.7 Å². The minimum absolute atomic E-state index is 0.0446. The van der Waals surface area contributed by atoms with Crippen LogP contribution < -0.4 is 9.80 Å². The van der Waals surface area contributed by atoms with Crippen LogP contribution in [0.4, 0.5) is 11.4 Å². The number of hydrogen-bond donors (Lipinski definition) is 5. The maximum atomic E-state index is 12.7. The Morgan fingerprint density at radius 2 is 1.44 bits per heavy atom. The number of aryl methyl sites for hydroxylation is 1. The quantitative estimate of drug-likeness (QED) is 0.159. The third kappa shape index (κ3) is 8.97. The molecule has 3 aromatic rings. The van der Waals surface area contributed by atoms with E-state index in [4.69, 9.17) is 0 Å². The van der Waals surface area contributed by atoms with Gasteiger partial charge in [0, 0.05) is 53.1 Å². The minimum Gasteiger partial charge on any atom is -0.480 e. The number of aliphatic carboxylic acids is 1. The number of carboxylic acids is 1. The number of aliphatic imine (C=N–C) groups is 1. The van der Waals surface area contributed by atoms with E-state index >= 15 is 0 Å². The van der Waals surface area contributed by atoms with Gasteiger partial charge in [-0.2, -0.15) is 33.7 Å². The molecule has 3 aliphatic rings. The topological polar surface area (TPSA) is 274 Å². The zero-order valence-corrected chi connectivity index (χ0v) is 36.0. The monoisotopic (exact) mass is 895 g/mol. The third-order valence-electron chi connectivity index (χ3n) is 11.1. The number of nitrogens with zero attached hydrogens (tertiary/aromatic N) is 3. The van der Waals surface area contributed by atoms with Crippen LogP contribution in [0.3, 0.4) is 0 Å². The molecule has 0 amide bonds. The molecule has 0 bridgehead atoms. The summed E-state index contributed by atoms with van der Waals surface area (Å²) in [6.45, 7) is 10.4. The molecule has 59 heavy (non-hydrogen) atoms. The Balaban J connectivity index is 1.61. The summed E-state index contributed by atoms with van der Waals surface area (Å²) < 4.78 is 136. The van der Waals surface area contributed by atoms with Crippen LogP contribution in [0.15, 0.2) is 63.3 Å². The number of carbonyl (C=O) groups is 1. The number of likely N-dealkylation sites (N-methyl/N-ethyl adjacent to an activating group) is 1. The van der Waals surface area contributed by atoms with Gasteiger partial charge in [-0.05, 0) is 104 Å². The van der Waals surface area contributed by atoms with Crippen molar-refractivity contribution in [2.75, 3.05) is 34.4 Å². The molecule has 0 radical (unpaired) electrons. The highest BCUT2D eigenvalue weighted by Gasteiger charge is 2.42. The van der Waals surface area contributed by atoms with Crippen LogP contribution >= 0.6 is 0 Å². The molecule has 1 unspecified atom stereocenters. The number of hydrogen-bond acceptors (Lipinski definition) is 12. The summed E-state index contributed by atoms with van der Waals surface area (Å²) in [5, 5.41) is 10.3. The van der Waals surface area contributed by atoms with E-state index in [1.807, 2.05) is 57.7 Å². The lowest BCUT2D eigenvalue weighted by molar-refractivity contribution is -0.138.